The molecule has 7 nitrogen and oxygen atoms in total. The molecule has 0 fully saturated rings. The average Bonchev–Trinajstić information content (AvgIpc) is 3.17. The molecule has 0 saturated carbocycles. The van der Waals surface area contributed by atoms with Crippen molar-refractivity contribution >= 4 is 29.0 Å². The molecule has 0 spiro atoms. The van der Waals surface area contributed by atoms with Crippen molar-refractivity contribution in [3.63, 3.8) is 0 Å². The lowest BCUT2D eigenvalue weighted by Crippen LogP contribution is -2.34. The number of ketones is 1. The molecule has 1 aromatic heterocycles. The number of amides is 1. The van der Waals surface area contributed by atoms with E-state index in [0.717, 1.165) is 4.88 Å². The van der Waals surface area contributed by atoms with Crippen molar-refractivity contribution < 1.29 is 28.6 Å². The summed E-state index contributed by atoms with van der Waals surface area (Å²) in [7, 11) is 2.97. The van der Waals surface area contributed by atoms with Crippen molar-refractivity contribution in [1.29, 1.82) is 0 Å². The highest BCUT2D eigenvalue weighted by atomic mass is 32.1. The van der Waals surface area contributed by atoms with Crippen molar-refractivity contribution in [2.75, 3.05) is 20.8 Å². The predicted octanol–water partition coefficient (Wildman–Crippen LogP) is 3.47. The first-order valence-corrected chi connectivity index (χ1v) is 9.76. The second kappa shape index (κ2) is 9.56. The maximum absolute atomic E-state index is 12.3. The summed E-state index contributed by atoms with van der Waals surface area (Å²) >= 11 is 1.26. The molecule has 0 radical (unpaired) electrons. The minimum atomic E-state index is -0.631. The van der Waals surface area contributed by atoms with Crippen molar-refractivity contribution in [2.24, 2.45) is 5.41 Å². The Labute approximate surface area is 174 Å². The van der Waals surface area contributed by atoms with E-state index >= 15 is 0 Å². The molecule has 8 heteroatoms. The summed E-state index contributed by atoms with van der Waals surface area (Å²) in [5.74, 6) is -0.119. The molecule has 1 heterocycles. The van der Waals surface area contributed by atoms with Gasteiger partial charge in [-0.15, -0.1) is 11.3 Å². The van der Waals surface area contributed by atoms with Crippen LogP contribution in [0, 0.1) is 5.41 Å². The van der Waals surface area contributed by atoms with Crippen LogP contribution in [0.15, 0.2) is 30.3 Å². The highest BCUT2D eigenvalue weighted by Gasteiger charge is 2.21. The van der Waals surface area contributed by atoms with Gasteiger partial charge in [0, 0.05) is 10.3 Å². The minimum absolute atomic E-state index is 0.0670. The van der Waals surface area contributed by atoms with Gasteiger partial charge in [0.2, 0.25) is 11.7 Å². The molecule has 156 valence electrons. The standard InChI is InChI=1S/C21H25NO6S/c1-21(2,3)20(25)22-11-14-7-9-18(29-14)15(23)12-28-19(24)13-6-8-16(26-4)17(10-13)27-5/h6-10H,11-12H2,1-5H3,(H,22,25). The average molecular weight is 419 g/mol. The maximum Gasteiger partial charge on any atom is 0.338 e. The number of carbonyl (C=O) groups excluding carboxylic acids is 3. The van der Waals surface area contributed by atoms with Crippen LogP contribution in [-0.4, -0.2) is 38.5 Å². The Balaban J connectivity index is 1.92. The number of methoxy groups -OCH3 is 2. The van der Waals surface area contributed by atoms with Gasteiger partial charge in [-0.2, -0.15) is 0 Å². The molecule has 29 heavy (non-hydrogen) atoms. The molecule has 0 aliphatic carbocycles. The van der Waals surface area contributed by atoms with Gasteiger partial charge in [0.15, 0.2) is 18.1 Å². The zero-order valence-corrected chi connectivity index (χ0v) is 18.0. The van der Waals surface area contributed by atoms with E-state index in [4.69, 9.17) is 14.2 Å². The van der Waals surface area contributed by atoms with Crippen LogP contribution in [-0.2, 0) is 16.1 Å². The highest BCUT2D eigenvalue weighted by Crippen LogP contribution is 2.28. The molecule has 0 bridgehead atoms. The number of carbonyl (C=O) groups is 3. The van der Waals surface area contributed by atoms with Gasteiger partial charge in [0.1, 0.15) is 0 Å². The lowest BCUT2D eigenvalue weighted by molar-refractivity contribution is -0.128. The summed E-state index contributed by atoms with van der Waals surface area (Å²) in [6.45, 7) is 5.47. The Morgan fingerprint density at radius 1 is 1.00 bits per heavy atom. The number of ether oxygens (including phenoxy) is 3. The van der Waals surface area contributed by atoms with E-state index in [1.807, 2.05) is 20.8 Å². The first kappa shape index (κ1) is 22.4. The zero-order valence-electron chi connectivity index (χ0n) is 17.2. The number of Topliss-reactive ketones (excluding diaryl/α,β-unsaturated/α-hetero) is 1. The zero-order chi connectivity index (χ0) is 21.6. The fourth-order valence-electron chi connectivity index (χ4n) is 2.30. The smallest absolute Gasteiger partial charge is 0.338 e. The summed E-state index contributed by atoms with van der Waals surface area (Å²) in [5, 5.41) is 2.84. The molecule has 1 N–H and O–H groups in total. The lowest BCUT2D eigenvalue weighted by atomic mass is 9.96. The molecule has 0 unspecified atom stereocenters. The Hall–Kier alpha value is -2.87. The van der Waals surface area contributed by atoms with Crippen LogP contribution >= 0.6 is 11.3 Å². The molecule has 0 aliphatic heterocycles. The highest BCUT2D eigenvalue weighted by molar-refractivity contribution is 7.14. The summed E-state index contributed by atoms with van der Waals surface area (Å²) in [5.41, 5.74) is -0.221. The van der Waals surface area contributed by atoms with Gasteiger partial charge in [-0.25, -0.2) is 4.79 Å². The first-order valence-electron chi connectivity index (χ1n) is 8.95. The second-order valence-corrected chi connectivity index (χ2v) is 8.44. The van der Waals surface area contributed by atoms with Crippen LogP contribution < -0.4 is 14.8 Å². The summed E-state index contributed by atoms with van der Waals surface area (Å²) in [6.07, 6.45) is 0. The molecule has 2 rings (SSSR count). The molecular formula is C21H25NO6S. The number of nitrogens with one attached hydrogen (secondary N) is 1. The third kappa shape index (κ3) is 6.05. The number of esters is 1. The maximum atomic E-state index is 12.3. The minimum Gasteiger partial charge on any atom is -0.493 e. The van der Waals surface area contributed by atoms with Gasteiger partial charge < -0.3 is 19.5 Å². The Morgan fingerprint density at radius 3 is 2.31 bits per heavy atom. The number of hydrogen-bond donors (Lipinski definition) is 1. The van der Waals surface area contributed by atoms with Crippen molar-refractivity contribution in [3.05, 3.63) is 45.6 Å². The van der Waals surface area contributed by atoms with Crippen molar-refractivity contribution in [3.8, 4) is 11.5 Å². The first-order chi connectivity index (χ1) is 13.7. The predicted molar refractivity (Wildman–Crippen MR) is 110 cm³/mol. The second-order valence-electron chi connectivity index (χ2n) is 7.27. The van der Waals surface area contributed by atoms with Gasteiger partial charge >= 0.3 is 5.97 Å². The summed E-state index contributed by atoms with van der Waals surface area (Å²) < 4.78 is 15.4. The van der Waals surface area contributed by atoms with Gasteiger partial charge in [-0.1, -0.05) is 20.8 Å². The fourth-order valence-corrected chi connectivity index (χ4v) is 3.18. The Morgan fingerprint density at radius 2 is 1.69 bits per heavy atom. The van der Waals surface area contributed by atoms with Crippen LogP contribution in [0.25, 0.3) is 0 Å². The summed E-state index contributed by atoms with van der Waals surface area (Å²) in [4.78, 5) is 37.8. The topological polar surface area (TPSA) is 90.9 Å². The lowest BCUT2D eigenvalue weighted by Gasteiger charge is -2.17. The van der Waals surface area contributed by atoms with Gasteiger partial charge in [0.05, 0.1) is 31.2 Å². The molecule has 1 aromatic carbocycles. The monoisotopic (exact) mass is 419 g/mol. The number of hydrogen-bond acceptors (Lipinski definition) is 7. The van der Waals surface area contributed by atoms with Gasteiger partial charge in [-0.05, 0) is 30.3 Å². The molecular weight excluding hydrogens is 394 g/mol. The number of rotatable bonds is 8. The third-order valence-electron chi connectivity index (χ3n) is 3.99. The number of benzene rings is 1. The van der Waals surface area contributed by atoms with E-state index in [0.29, 0.717) is 22.9 Å². The van der Waals surface area contributed by atoms with Crippen molar-refractivity contribution in [2.45, 2.75) is 27.3 Å². The van der Waals surface area contributed by atoms with E-state index < -0.39 is 11.4 Å². The largest absolute Gasteiger partial charge is 0.493 e. The van der Waals surface area contributed by atoms with Crippen LogP contribution in [0.5, 0.6) is 11.5 Å². The molecule has 0 saturated heterocycles. The molecule has 1 amide bonds. The summed E-state index contributed by atoms with van der Waals surface area (Å²) in [6, 6.07) is 8.06. The van der Waals surface area contributed by atoms with E-state index in [-0.39, 0.29) is 23.9 Å². The van der Waals surface area contributed by atoms with Crippen LogP contribution in [0.1, 0.15) is 45.7 Å². The molecule has 2 aromatic rings. The quantitative estimate of drug-likeness (QED) is 0.520. The van der Waals surface area contributed by atoms with Gasteiger partial charge in [0.25, 0.3) is 0 Å². The van der Waals surface area contributed by atoms with Crippen LogP contribution in [0.3, 0.4) is 0 Å². The normalized spacial score (nSPS) is 10.9. The van der Waals surface area contributed by atoms with E-state index in [1.54, 1.807) is 18.2 Å². The van der Waals surface area contributed by atoms with E-state index in [9.17, 15) is 14.4 Å². The van der Waals surface area contributed by atoms with Crippen LogP contribution in [0.2, 0.25) is 0 Å². The van der Waals surface area contributed by atoms with Crippen molar-refractivity contribution in [1.82, 2.24) is 5.32 Å². The molecule has 0 atom stereocenters. The van der Waals surface area contributed by atoms with Crippen LogP contribution in [0.4, 0.5) is 0 Å². The molecule has 0 aliphatic rings. The Kier molecular flexibility index (Phi) is 7.39. The van der Waals surface area contributed by atoms with E-state index in [1.165, 1.54) is 37.7 Å². The Bertz CT molecular complexity index is 897. The number of thiophene rings is 1. The SMILES string of the molecule is COc1ccc(C(=O)OCC(=O)c2ccc(CNC(=O)C(C)(C)C)s2)cc1OC. The van der Waals surface area contributed by atoms with E-state index in [2.05, 4.69) is 5.32 Å². The fraction of sp³-hybridized carbons (Fsp3) is 0.381. The van der Waals surface area contributed by atoms with Gasteiger partial charge in [-0.3, -0.25) is 9.59 Å². The third-order valence-corrected chi connectivity index (χ3v) is 5.12.